The fourth-order valence-corrected chi connectivity index (χ4v) is 3.58. The molecule has 2 nitrogen and oxygen atoms in total. The van der Waals surface area contributed by atoms with E-state index < -0.39 is 0 Å². The number of fused-ring (bicyclic) bond motifs is 1. The van der Waals surface area contributed by atoms with Crippen molar-refractivity contribution in [1.82, 2.24) is 4.57 Å². The molecule has 1 heterocycles. The Balaban J connectivity index is 1.93. The lowest BCUT2D eigenvalue weighted by atomic mass is 9.75. The van der Waals surface area contributed by atoms with Gasteiger partial charge in [0.05, 0.1) is 6.10 Å². The van der Waals surface area contributed by atoms with Gasteiger partial charge in [-0.15, -0.1) is 0 Å². The number of aromatic nitrogens is 1. The molecule has 1 fully saturated rings. The van der Waals surface area contributed by atoms with E-state index in [-0.39, 0.29) is 11.5 Å². The SMILES string of the molecule is CC1CC(n2ccc3c2CC(C)(C)CC3O)C1. The van der Waals surface area contributed by atoms with Gasteiger partial charge in [0.1, 0.15) is 0 Å². The van der Waals surface area contributed by atoms with Crippen LogP contribution >= 0.6 is 0 Å². The fourth-order valence-electron chi connectivity index (χ4n) is 3.58. The van der Waals surface area contributed by atoms with E-state index in [1.54, 1.807) is 0 Å². The Labute approximate surface area is 104 Å². The summed E-state index contributed by atoms with van der Waals surface area (Å²) in [6.07, 6.45) is 6.55. The van der Waals surface area contributed by atoms with Crippen molar-refractivity contribution in [3.05, 3.63) is 23.5 Å². The number of nitrogens with zero attached hydrogens (tertiary/aromatic N) is 1. The lowest BCUT2D eigenvalue weighted by molar-refractivity contribution is 0.0952. The molecule has 0 saturated heterocycles. The van der Waals surface area contributed by atoms with Crippen LogP contribution in [0.1, 0.15) is 63.4 Å². The van der Waals surface area contributed by atoms with Crippen LogP contribution in [0.4, 0.5) is 0 Å². The van der Waals surface area contributed by atoms with Crippen LogP contribution in [0.5, 0.6) is 0 Å². The van der Waals surface area contributed by atoms with Crippen molar-refractivity contribution in [3.63, 3.8) is 0 Å². The Hall–Kier alpha value is -0.760. The average Bonchev–Trinajstić information content (AvgIpc) is 2.54. The number of hydrogen-bond donors (Lipinski definition) is 1. The van der Waals surface area contributed by atoms with Crippen molar-refractivity contribution in [1.29, 1.82) is 0 Å². The number of rotatable bonds is 1. The second-order valence-electron chi connectivity index (χ2n) is 6.92. The molecule has 2 aliphatic carbocycles. The van der Waals surface area contributed by atoms with Crippen LogP contribution < -0.4 is 0 Å². The molecule has 1 saturated carbocycles. The standard InChI is InChI=1S/C15H23NO/c1-10-6-11(7-10)16-5-4-12-13(16)8-15(2,3)9-14(12)17/h4-5,10-11,14,17H,6-9H2,1-3H3. The molecule has 1 unspecified atom stereocenters. The molecule has 0 aliphatic heterocycles. The number of aliphatic hydroxyl groups excluding tert-OH is 1. The predicted molar refractivity (Wildman–Crippen MR) is 68.9 cm³/mol. The smallest absolute Gasteiger partial charge is 0.0812 e. The third-order valence-electron chi connectivity index (χ3n) is 4.55. The molecule has 94 valence electrons. The summed E-state index contributed by atoms with van der Waals surface area (Å²) >= 11 is 0. The third kappa shape index (κ3) is 1.83. The van der Waals surface area contributed by atoms with Crippen molar-refractivity contribution >= 4 is 0 Å². The summed E-state index contributed by atoms with van der Waals surface area (Å²) in [5.74, 6) is 0.875. The first-order valence-corrected chi connectivity index (χ1v) is 6.84. The molecule has 0 amide bonds. The first-order valence-electron chi connectivity index (χ1n) is 6.84. The molecule has 17 heavy (non-hydrogen) atoms. The molecule has 1 N–H and O–H groups in total. The number of hydrogen-bond acceptors (Lipinski definition) is 1. The Bertz CT molecular complexity index is 426. The Morgan fingerprint density at radius 1 is 1.35 bits per heavy atom. The fraction of sp³-hybridized carbons (Fsp3) is 0.733. The first kappa shape index (κ1) is 11.3. The molecule has 3 rings (SSSR count). The van der Waals surface area contributed by atoms with E-state index in [0.717, 1.165) is 18.8 Å². The normalized spacial score (nSPS) is 35.2. The zero-order valence-electron chi connectivity index (χ0n) is 11.1. The van der Waals surface area contributed by atoms with Gasteiger partial charge < -0.3 is 9.67 Å². The van der Waals surface area contributed by atoms with Crippen LogP contribution in [0.15, 0.2) is 12.3 Å². The average molecular weight is 233 g/mol. The molecule has 2 aliphatic rings. The van der Waals surface area contributed by atoms with Crippen LogP contribution in [-0.2, 0) is 6.42 Å². The molecular formula is C15H23NO. The van der Waals surface area contributed by atoms with Gasteiger partial charge in [0.25, 0.3) is 0 Å². The highest BCUT2D eigenvalue weighted by Gasteiger charge is 2.36. The minimum Gasteiger partial charge on any atom is -0.388 e. The topological polar surface area (TPSA) is 25.2 Å². The highest BCUT2D eigenvalue weighted by Crippen LogP contribution is 2.45. The Morgan fingerprint density at radius 3 is 2.71 bits per heavy atom. The second-order valence-corrected chi connectivity index (χ2v) is 6.92. The van der Waals surface area contributed by atoms with Gasteiger partial charge in [-0.05, 0) is 43.1 Å². The quantitative estimate of drug-likeness (QED) is 0.789. The van der Waals surface area contributed by atoms with Gasteiger partial charge in [0, 0.05) is 23.5 Å². The van der Waals surface area contributed by atoms with Crippen molar-refractivity contribution in [3.8, 4) is 0 Å². The molecule has 0 aromatic carbocycles. The third-order valence-corrected chi connectivity index (χ3v) is 4.55. The molecule has 0 bridgehead atoms. The second kappa shape index (κ2) is 3.61. The molecule has 1 aromatic rings. The minimum atomic E-state index is -0.257. The monoisotopic (exact) mass is 233 g/mol. The van der Waals surface area contributed by atoms with E-state index in [0.29, 0.717) is 6.04 Å². The zero-order chi connectivity index (χ0) is 12.2. The van der Waals surface area contributed by atoms with Gasteiger partial charge in [-0.1, -0.05) is 20.8 Å². The van der Waals surface area contributed by atoms with Gasteiger partial charge in [-0.2, -0.15) is 0 Å². The Morgan fingerprint density at radius 2 is 2.06 bits per heavy atom. The first-order chi connectivity index (χ1) is 7.96. The summed E-state index contributed by atoms with van der Waals surface area (Å²) in [7, 11) is 0. The summed E-state index contributed by atoms with van der Waals surface area (Å²) in [6.45, 7) is 6.85. The predicted octanol–water partition coefficient (Wildman–Crippen LogP) is 3.46. The largest absolute Gasteiger partial charge is 0.388 e. The maximum absolute atomic E-state index is 10.2. The van der Waals surface area contributed by atoms with Gasteiger partial charge in [-0.3, -0.25) is 0 Å². The van der Waals surface area contributed by atoms with Crippen LogP contribution in [0.3, 0.4) is 0 Å². The van der Waals surface area contributed by atoms with Crippen molar-refractivity contribution < 1.29 is 5.11 Å². The van der Waals surface area contributed by atoms with Gasteiger partial charge in [-0.25, -0.2) is 0 Å². The van der Waals surface area contributed by atoms with Crippen molar-refractivity contribution in [2.45, 2.75) is 58.6 Å². The summed E-state index contributed by atoms with van der Waals surface area (Å²) in [6, 6.07) is 2.83. The highest BCUT2D eigenvalue weighted by atomic mass is 16.3. The van der Waals surface area contributed by atoms with Gasteiger partial charge in [0.15, 0.2) is 0 Å². The van der Waals surface area contributed by atoms with Crippen LogP contribution in [-0.4, -0.2) is 9.67 Å². The highest BCUT2D eigenvalue weighted by molar-refractivity contribution is 5.30. The Kier molecular flexibility index (Phi) is 2.41. The number of aliphatic hydroxyl groups is 1. The summed E-state index contributed by atoms with van der Waals surface area (Å²) in [4.78, 5) is 0. The van der Waals surface area contributed by atoms with E-state index in [9.17, 15) is 5.11 Å². The van der Waals surface area contributed by atoms with E-state index in [1.807, 2.05) is 0 Å². The van der Waals surface area contributed by atoms with E-state index in [2.05, 4.69) is 37.6 Å². The molecule has 2 heteroatoms. The van der Waals surface area contributed by atoms with E-state index in [1.165, 1.54) is 24.1 Å². The van der Waals surface area contributed by atoms with Crippen molar-refractivity contribution in [2.75, 3.05) is 0 Å². The van der Waals surface area contributed by atoms with Crippen LogP contribution in [0, 0.1) is 11.3 Å². The van der Waals surface area contributed by atoms with Crippen molar-refractivity contribution in [2.24, 2.45) is 11.3 Å². The van der Waals surface area contributed by atoms with Crippen LogP contribution in [0.2, 0.25) is 0 Å². The van der Waals surface area contributed by atoms with E-state index >= 15 is 0 Å². The molecule has 0 spiro atoms. The van der Waals surface area contributed by atoms with Gasteiger partial charge >= 0.3 is 0 Å². The van der Waals surface area contributed by atoms with Crippen LogP contribution in [0.25, 0.3) is 0 Å². The zero-order valence-corrected chi connectivity index (χ0v) is 11.1. The molecule has 1 aromatic heterocycles. The summed E-state index contributed by atoms with van der Waals surface area (Å²) in [5, 5.41) is 10.2. The lowest BCUT2D eigenvalue weighted by Gasteiger charge is -2.39. The molecular weight excluding hydrogens is 210 g/mol. The molecule has 0 radical (unpaired) electrons. The minimum absolute atomic E-state index is 0.234. The summed E-state index contributed by atoms with van der Waals surface area (Å²) in [5.41, 5.74) is 2.81. The maximum Gasteiger partial charge on any atom is 0.0812 e. The van der Waals surface area contributed by atoms with E-state index in [4.69, 9.17) is 0 Å². The maximum atomic E-state index is 10.2. The van der Waals surface area contributed by atoms with Gasteiger partial charge in [0.2, 0.25) is 0 Å². The summed E-state index contributed by atoms with van der Waals surface area (Å²) < 4.78 is 2.44. The lowest BCUT2D eigenvalue weighted by Crippen LogP contribution is -2.30. The molecule has 1 atom stereocenters.